The summed E-state index contributed by atoms with van der Waals surface area (Å²) < 4.78 is 0. The van der Waals surface area contributed by atoms with Gasteiger partial charge in [0.05, 0.1) is 0 Å². The van der Waals surface area contributed by atoms with Gasteiger partial charge in [0.1, 0.15) is 17.8 Å². The number of nitrogens with zero attached hydrogens (tertiary/aromatic N) is 5. The van der Waals surface area contributed by atoms with Gasteiger partial charge in [-0.25, -0.2) is 19.9 Å². The van der Waals surface area contributed by atoms with Crippen molar-refractivity contribution in [3.05, 3.63) is 30.9 Å². The molecule has 5 heteroatoms. The van der Waals surface area contributed by atoms with Crippen LogP contribution < -0.4 is 4.90 Å². The van der Waals surface area contributed by atoms with Crippen LogP contribution in [0.3, 0.4) is 0 Å². The monoisotopic (exact) mass is 285 g/mol. The smallest absolute Gasteiger partial charge is 0.178 e. The van der Waals surface area contributed by atoms with Crippen molar-refractivity contribution in [1.82, 2.24) is 19.9 Å². The first-order chi connectivity index (χ1) is 9.88. The van der Waals surface area contributed by atoms with Crippen LogP contribution in [0, 0.1) is 11.3 Å². The van der Waals surface area contributed by atoms with Crippen molar-refractivity contribution in [2.45, 2.75) is 27.7 Å². The number of aromatic nitrogens is 4. The van der Waals surface area contributed by atoms with E-state index in [1.807, 2.05) is 6.07 Å². The Kier molecular flexibility index (Phi) is 4.50. The highest BCUT2D eigenvalue weighted by molar-refractivity contribution is 5.54. The number of hydrogen-bond acceptors (Lipinski definition) is 5. The first-order valence-electron chi connectivity index (χ1n) is 7.18. The van der Waals surface area contributed by atoms with E-state index in [0.717, 1.165) is 18.1 Å². The van der Waals surface area contributed by atoms with Crippen LogP contribution in [0.15, 0.2) is 30.9 Å². The predicted molar refractivity (Wildman–Crippen MR) is 84.9 cm³/mol. The molecule has 2 aromatic rings. The van der Waals surface area contributed by atoms with Crippen molar-refractivity contribution in [3.63, 3.8) is 0 Å². The molecule has 0 fully saturated rings. The van der Waals surface area contributed by atoms with Gasteiger partial charge in [0, 0.05) is 32.1 Å². The van der Waals surface area contributed by atoms with Gasteiger partial charge in [0.2, 0.25) is 0 Å². The summed E-state index contributed by atoms with van der Waals surface area (Å²) in [4.78, 5) is 19.2. The zero-order chi connectivity index (χ0) is 15.5. The van der Waals surface area contributed by atoms with Gasteiger partial charge in [-0.3, -0.25) is 0 Å². The fraction of sp³-hybridized carbons (Fsp3) is 0.500. The van der Waals surface area contributed by atoms with Gasteiger partial charge in [0.15, 0.2) is 5.82 Å². The van der Waals surface area contributed by atoms with Crippen LogP contribution in [-0.4, -0.2) is 33.5 Å². The zero-order valence-electron chi connectivity index (χ0n) is 13.4. The first-order valence-corrected chi connectivity index (χ1v) is 7.18. The highest BCUT2D eigenvalue weighted by Gasteiger charge is 2.22. The number of hydrogen-bond donors (Lipinski definition) is 0. The fourth-order valence-corrected chi connectivity index (χ4v) is 1.89. The van der Waals surface area contributed by atoms with Gasteiger partial charge in [0.25, 0.3) is 0 Å². The largest absolute Gasteiger partial charge is 0.359 e. The molecule has 0 saturated heterocycles. The third-order valence-electron chi connectivity index (χ3n) is 3.86. The van der Waals surface area contributed by atoms with E-state index in [1.54, 1.807) is 24.8 Å². The molecular weight excluding hydrogens is 262 g/mol. The van der Waals surface area contributed by atoms with Crippen LogP contribution in [-0.2, 0) is 0 Å². The summed E-state index contributed by atoms with van der Waals surface area (Å²) in [5, 5.41) is 0. The van der Waals surface area contributed by atoms with Crippen molar-refractivity contribution in [2.24, 2.45) is 11.3 Å². The van der Waals surface area contributed by atoms with Crippen molar-refractivity contribution in [1.29, 1.82) is 0 Å². The average Bonchev–Trinajstić information content (AvgIpc) is 2.47. The molecule has 0 aromatic carbocycles. The first kappa shape index (κ1) is 15.4. The van der Waals surface area contributed by atoms with Crippen LogP contribution in [0.2, 0.25) is 0 Å². The predicted octanol–water partition coefficient (Wildman–Crippen LogP) is 3.05. The van der Waals surface area contributed by atoms with Crippen molar-refractivity contribution < 1.29 is 0 Å². The highest BCUT2D eigenvalue weighted by Crippen LogP contribution is 2.27. The van der Waals surface area contributed by atoms with Crippen LogP contribution >= 0.6 is 0 Å². The number of rotatable bonds is 4. The molecule has 0 spiro atoms. The minimum Gasteiger partial charge on any atom is -0.359 e. The summed E-state index contributed by atoms with van der Waals surface area (Å²) >= 11 is 0. The molecule has 112 valence electrons. The third-order valence-corrected chi connectivity index (χ3v) is 3.86. The lowest BCUT2D eigenvalue weighted by atomic mass is 9.82. The second kappa shape index (κ2) is 6.16. The molecule has 0 saturated carbocycles. The van der Waals surface area contributed by atoms with E-state index in [2.05, 4.69) is 59.6 Å². The molecule has 5 nitrogen and oxygen atoms in total. The van der Waals surface area contributed by atoms with E-state index in [9.17, 15) is 0 Å². The molecule has 0 amide bonds. The van der Waals surface area contributed by atoms with Crippen molar-refractivity contribution in [2.75, 3.05) is 18.5 Å². The lowest BCUT2D eigenvalue weighted by Crippen LogP contribution is -2.31. The van der Waals surface area contributed by atoms with Crippen LogP contribution in [0.4, 0.5) is 5.82 Å². The summed E-state index contributed by atoms with van der Waals surface area (Å²) in [5.41, 5.74) is 1.02. The van der Waals surface area contributed by atoms with E-state index >= 15 is 0 Å². The summed E-state index contributed by atoms with van der Waals surface area (Å²) in [5.74, 6) is 2.07. The maximum absolute atomic E-state index is 4.36. The summed E-state index contributed by atoms with van der Waals surface area (Å²) in [6, 6.07) is 3.73. The topological polar surface area (TPSA) is 54.8 Å². The average molecular weight is 285 g/mol. The highest BCUT2D eigenvalue weighted by atomic mass is 15.2. The molecule has 0 N–H and O–H groups in total. The maximum atomic E-state index is 4.36. The Balaban J connectivity index is 2.18. The molecule has 1 unspecified atom stereocenters. The zero-order valence-corrected chi connectivity index (χ0v) is 13.4. The van der Waals surface area contributed by atoms with Crippen LogP contribution in [0.5, 0.6) is 0 Å². The molecule has 0 bridgehead atoms. The van der Waals surface area contributed by atoms with Gasteiger partial charge in [-0.05, 0) is 17.4 Å². The second-order valence-corrected chi connectivity index (χ2v) is 6.48. The molecule has 0 radical (unpaired) electrons. The fourth-order valence-electron chi connectivity index (χ4n) is 1.89. The standard InChI is InChI=1S/C16H23N5/c1-12(16(2,3)4)10-21(5)14-9-13(19-11-20-14)15-17-7-6-8-18-15/h6-9,11-12H,10H2,1-5H3. The quantitative estimate of drug-likeness (QED) is 0.864. The van der Waals surface area contributed by atoms with Gasteiger partial charge >= 0.3 is 0 Å². The Morgan fingerprint density at radius 2 is 1.76 bits per heavy atom. The van der Waals surface area contributed by atoms with Crippen LogP contribution in [0.25, 0.3) is 11.5 Å². The molecule has 0 aliphatic heterocycles. The molecule has 2 aromatic heterocycles. The lowest BCUT2D eigenvalue weighted by molar-refractivity contribution is 0.266. The van der Waals surface area contributed by atoms with Gasteiger partial charge in [-0.1, -0.05) is 27.7 Å². The Bertz CT molecular complexity index is 577. The summed E-state index contributed by atoms with van der Waals surface area (Å²) in [6.07, 6.45) is 5.00. The van der Waals surface area contributed by atoms with E-state index in [4.69, 9.17) is 0 Å². The minimum absolute atomic E-state index is 0.270. The van der Waals surface area contributed by atoms with Gasteiger partial charge in [-0.15, -0.1) is 0 Å². The SMILES string of the molecule is CC(CN(C)c1cc(-c2ncccn2)ncn1)C(C)(C)C. The summed E-state index contributed by atoms with van der Waals surface area (Å²) in [7, 11) is 2.06. The maximum Gasteiger partial charge on any atom is 0.178 e. The normalized spacial score (nSPS) is 13.0. The minimum atomic E-state index is 0.270. The molecule has 0 aliphatic rings. The number of anilines is 1. The lowest BCUT2D eigenvalue weighted by Gasteiger charge is -2.31. The van der Waals surface area contributed by atoms with E-state index < -0.39 is 0 Å². The van der Waals surface area contributed by atoms with Gasteiger partial charge in [-0.2, -0.15) is 0 Å². The molecular formula is C16H23N5. The Morgan fingerprint density at radius 1 is 1.10 bits per heavy atom. The molecule has 21 heavy (non-hydrogen) atoms. The Morgan fingerprint density at radius 3 is 2.38 bits per heavy atom. The molecule has 0 aliphatic carbocycles. The molecule has 2 rings (SSSR count). The second-order valence-electron chi connectivity index (χ2n) is 6.48. The Hall–Kier alpha value is -2.04. The van der Waals surface area contributed by atoms with Crippen LogP contribution in [0.1, 0.15) is 27.7 Å². The van der Waals surface area contributed by atoms with Crippen molar-refractivity contribution >= 4 is 5.82 Å². The van der Waals surface area contributed by atoms with Crippen molar-refractivity contribution in [3.8, 4) is 11.5 Å². The summed E-state index contributed by atoms with van der Waals surface area (Å²) in [6.45, 7) is 9.98. The van der Waals surface area contributed by atoms with E-state index in [0.29, 0.717) is 11.7 Å². The van der Waals surface area contributed by atoms with E-state index in [-0.39, 0.29) is 5.41 Å². The Labute approximate surface area is 126 Å². The third kappa shape index (κ3) is 3.97. The molecule has 1 atom stereocenters. The van der Waals surface area contributed by atoms with Gasteiger partial charge < -0.3 is 4.90 Å². The molecule has 2 heterocycles. The van der Waals surface area contributed by atoms with E-state index in [1.165, 1.54) is 0 Å².